The van der Waals surface area contributed by atoms with Crippen molar-refractivity contribution in [3.05, 3.63) is 16.1 Å². The highest BCUT2D eigenvalue weighted by Crippen LogP contribution is 2.18. The molecule has 0 spiro atoms. The summed E-state index contributed by atoms with van der Waals surface area (Å²) in [5.41, 5.74) is 1.12. The highest BCUT2D eigenvalue weighted by Gasteiger charge is 2.28. The first-order valence-electron chi connectivity index (χ1n) is 8.13. The molecule has 2 N–H and O–H groups in total. The minimum atomic E-state index is -3.08. The summed E-state index contributed by atoms with van der Waals surface area (Å²) in [6.45, 7) is 6.79. The smallest absolute Gasteiger partial charge is 0.211 e. The van der Waals surface area contributed by atoms with Crippen molar-refractivity contribution in [1.29, 1.82) is 0 Å². The lowest BCUT2D eigenvalue weighted by molar-refractivity contribution is 0.459. The summed E-state index contributed by atoms with van der Waals surface area (Å²) in [6, 6.07) is 0. The van der Waals surface area contributed by atoms with E-state index in [-0.39, 0.29) is 24.0 Å². The van der Waals surface area contributed by atoms with Crippen LogP contribution >= 0.6 is 35.3 Å². The van der Waals surface area contributed by atoms with E-state index < -0.39 is 10.0 Å². The topological polar surface area (TPSA) is 86.7 Å². The van der Waals surface area contributed by atoms with Gasteiger partial charge in [0.25, 0.3) is 0 Å². The number of thiazole rings is 1. The van der Waals surface area contributed by atoms with Crippen molar-refractivity contribution in [3.63, 3.8) is 0 Å². The molecule has 0 saturated carbocycles. The molecule has 1 fully saturated rings. The number of hydrogen-bond donors (Lipinski definition) is 2. The Hall–Kier alpha value is -0.460. The maximum atomic E-state index is 11.5. The average molecular weight is 501 g/mol. The third kappa shape index (κ3) is 6.99. The van der Waals surface area contributed by atoms with Crippen molar-refractivity contribution >= 4 is 51.3 Å². The zero-order valence-electron chi connectivity index (χ0n) is 15.2. The van der Waals surface area contributed by atoms with E-state index in [1.807, 2.05) is 0 Å². The predicted molar refractivity (Wildman–Crippen MR) is 114 cm³/mol. The van der Waals surface area contributed by atoms with Gasteiger partial charge in [-0.15, -0.1) is 35.3 Å². The lowest BCUT2D eigenvalue weighted by Crippen LogP contribution is -2.40. The number of sulfonamides is 1. The van der Waals surface area contributed by atoms with Crippen LogP contribution in [0, 0.1) is 5.92 Å². The first-order chi connectivity index (χ1) is 11.3. The number of aromatic nitrogens is 1. The Bertz CT molecular complexity index is 675. The lowest BCUT2D eigenvalue weighted by Gasteiger charge is -2.16. The molecular weight excluding hydrogens is 473 g/mol. The molecule has 1 atom stereocenters. The van der Waals surface area contributed by atoms with Crippen molar-refractivity contribution in [2.45, 2.75) is 32.7 Å². The lowest BCUT2D eigenvalue weighted by atomic mass is 10.1. The van der Waals surface area contributed by atoms with Crippen molar-refractivity contribution in [2.24, 2.45) is 10.9 Å². The molecule has 1 aromatic heterocycles. The molecule has 1 unspecified atom stereocenters. The molecule has 7 nitrogen and oxygen atoms in total. The first-order valence-corrected chi connectivity index (χ1v) is 10.9. The second-order valence-electron chi connectivity index (χ2n) is 6.40. The number of hydrogen-bond acceptors (Lipinski definition) is 5. The van der Waals surface area contributed by atoms with Crippen molar-refractivity contribution in [1.82, 2.24) is 19.9 Å². The molecule has 0 radical (unpaired) electrons. The molecule has 1 aliphatic heterocycles. The summed E-state index contributed by atoms with van der Waals surface area (Å²) < 4.78 is 24.6. The van der Waals surface area contributed by atoms with Crippen LogP contribution in [0.2, 0.25) is 0 Å². The van der Waals surface area contributed by atoms with Crippen LogP contribution in [0.5, 0.6) is 0 Å². The molecule has 25 heavy (non-hydrogen) atoms. The van der Waals surface area contributed by atoms with E-state index in [1.165, 1.54) is 6.26 Å². The molecule has 0 aromatic carbocycles. The SMILES string of the molecule is CN=C(NCc1nc(C(C)C)cs1)NCC1CCN(S(C)(=O)=O)C1.I. The summed E-state index contributed by atoms with van der Waals surface area (Å²) >= 11 is 1.65. The Morgan fingerprint density at radius 2 is 2.20 bits per heavy atom. The van der Waals surface area contributed by atoms with Crippen LogP contribution in [0.25, 0.3) is 0 Å². The van der Waals surface area contributed by atoms with E-state index in [2.05, 4.69) is 39.8 Å². The fourth-order valence-electron chi connectivity index (χ4n) is 2.56. The highest BCUT2D eigenvalue weighted by molar-refractivity contribution is 14.0. The van der Waals surface area contributed by atoms with Gasteiger partial charge in [-0.25, -0.2) is 17.7 Å². The van der Waals surface area contributed by atoms with Gasteiger partial charge in [-0.1, -0.05) is 13.8 Å². The number of guanidine groups is 1. The minimum Gasteiger partial charge on any atom is -0.356 e. The van der Waals surface area contributed by atoms with E-state index >= 15 is 0 Å². The van der Waals surface area contributed by atoms with Gasteiger partial charge in [0.15, 0.2) is 5.96 Å². The van der Waals surface area contributed by atoms with Crippen molar-refractivity contribution < 1.29 is 8.42 Å². The number of aliphatic imine (C=N–C) groups is 1. The fourth-order valence-corrected chi connectivity index (χ4v) is 4.37. The summed E-state index contributed by atoms with van der Waals surface area (Å²) in [5.74, 6) is 1.47. The average Bonchev–Trinajstić information content (AvgIpc) is 3.16. The normalized spacial score (nSPS) is 19.1. The largest absolute Gasteiger partial charge is 0.356 e. The summed E-state index contributed by atoms with van der Waals surface area (Å²) in [7, 11) is -1.35. The van der Waals surface area contributed by atoms with E-state index in [9.17, 15) is 8.42 Å². The molecule has 144 valence electrons. The maximum absolute atomic E-state index is 11.5. The molecule has 1 aromatic rings. The molecule has 0 bridgehead atoms. The summed E-state index contributed by atoms with van der Waals surface area (Å²) in [4.78, 5) is 8.80. The third-order valence-electron chi connectivity index (χ3n) is 4.07. The zero-order chi connectivity index (χ0) is 17.7. The van der Waals surface area contributed by atoms with Gasteiger partial charge in [0.2, 0.25) is 10.0 Å². The van der Waals surface area contributed by atoms with E-state index in [1.54, 1.807) is 22.7 Å². The maximum Gasteiger partial charge on any atom is 0.211 e. The second-order valence-corrected chi connectivity index (χ2v) is 9.33. The van der Waals surface area contributed by atoms with Gasteiger partial charge in [0.1, 0.15) is 5.01 Å². The molecule has 2 rings (SSSR count). The molecule has 0 amide bonds. The van der Waals surface area contributed by atoms with Crippen molar-refractivity contribution in [2.75, 3.05) is 32.9 Å². The zero-order valence-corrected chi connectivity index (χ0v) is 19.1. The van der Waals surface area contributed by atoms with E-state index in [0.29, 0.717) is 44.0 Å². The first kappa shape index (κ1) is 22.6. The summed E-state index contributed by atoms with van der Waals surface area (Å²) in [5, 5.41) is 9.66. The molecule has 0 aliphatic carbocycles. The van der Waals surface area contributed by atoms with Crippen LogP contribution in [0.1, 0.15) is 36.9 Å². The monoisotopic (exact) mass is 501 g/mol. The van der Waals surface area contributed by atoms with Crippen LogP contribution in [0.15, 0.2) is 10.4 Å². The second kappa shape index (κ2) is 10.0. The van der Waals surface area contributed by atoms with Crippen LogP contribution in [-0.4, -0.2) is 56.6 Å². The molecular formula is C15H28IN5O2S2. The Kier molecular flexibility index (Phi) is 9.05. The van der Waals surface area contributed by atoms with Gasteiger partial charge in [-0.3, -0.25) is 4.99 Å². The Morgan fingerprint density at radius 1 is 1.48 bits per heavy atom. The van der Waals surface area contributed by atoms with Gasteiger partial charge in [0, 0.05) is 32.1 Å². The minimum absolute atomic E-state index is 0. The molecule has 2 heterocycles. The van der Waals surface area contributed by atoms with E-state index in [0.717, 1.165) is 17.1 Å². The Morgan fingerprint density at radius 3 is 2.72 bits per heavy atom. The van der Waals surface area contributed by atoms with Crippen LogP contribution in [0.4, 0.5) is 0 Å². The third-order valence-corrected chi connectivity index (χ3v) is 6.20. The van der Waals surface area contributed by atoms with Crippen molar-refractivity contribution in [3.8, 4) is 0 Å². The quantitative estimate of drug-likeness (QED) is 0.353. The number of halogens is 1. The molecule has 1 aliphatic rings. The number of nitrogens with zero attached hydrogens (tertiary/aromatic N) is 3. The van der Waals surface area contributed by atoms with Gasteiger partial charge in [-0.2, -0.15) is 0 Å². The fraction of sp³-hybridized carbons (Fsp3) is 0.733. The van der Waals surface area contributed by atoms with Crippen LogP contribution < -0.4 is 10.6 Å². The van der Waals surface area contributed by atoms with E-state index in [4.69, 9.17) is 0 Å². The van der Waals surface area contributed by atoms with Gasteiger partial charge >= 0.3 is 0 Å². The number of rotatable bonds is 6. The van der Waals surface area contributed by atoms with Gasteiger partial charge in [0.05, 0.1) is 18.5 Å². The van der Waals surface area contributed by atoms with Crippen LogP contribution in [0.3, 0.4) is 0 Å². The van der Waals surface area contributed by atoms with Crippen LogP contribution in [-0.2, 0) is 16.6 Å². The highest BCUT2D eigenvalue weighted by atomic mass is 127. The predicted octanol–water partition coefficient (Wildman–Crippen LogP) is 1.83. The number of nitrogens with one attached hydrogen (secondary N) is 2. The summed E-state index contributed by atoms with van der Waals surface area (Å²) in [6.07, 6.45) is 2.14. The molecule has 10 heteroatoms. The Labute approximate surface area is 171 Å². The molecule has 1 saturated heterocycles. The Balaban J connectivity index is 0.00000312. The standard InChI is InChI=1S/C15H27N5O2S2.HI/c1-11(2)13-10-23-14(19-13)8-18-15(16-3)17-7-12-5-6-20(9-12)24(4,21)22;/h10-12H,5-9H2,1-4H3,(H2,16,17,18);1H. The van der Waals surface area contributed by atoms with Gasteiger partial charge in [-0.05, 0) is 18.3 Å². The van der Waals surface area contributed by atoms with Gasteiger partial charge < -0.3 is 10.6 Å².